The van der Waals surface area contributed by atoms with Gasteiger partial charge in [0.25, 0.3) is 0 Å². The van der Waals surface area contributed by atoms with E-state index in [0.717, 1.165) is 0 Å². The topological polar surface area (TPSA) is 84.5 Å². The van der Waals surface area contributed by atoms with Crippen molar-refractivity contribution in [3.05, 3.63) is 0 Å². The van der Waals surface area contributed by atoms with Crippen LogP contribution in [0, 0.1) is 11.8 Å². The molecule has 2 heterocycles. The van der Waals surface area contributed by atoms with Gasteiger partial charge in [0, 0.05) is 24.1 Å². The highest BCUT2D eigenvalue weighted by Crippen LogP contribution is 2.40. The molecule has 2 rings (SSSR count). The molecule has 2 saturated heterocycles. The van der Waals surface area contributed by atoms with E-state index in [0.29, 0.717) is 13.0 Å². The number of thioether (sulfide) groups is 1. The largest absolute Gasteiger partial charge is 0.413 e. The molecular weight excluding hydrogens is 368 g/mol. The van der Waals surface area contributed by atoms with Crippen molar-refractivity contribution in [3.8, 4) is 0 Å². The van der Waals surface area contributed by atoms with Crippen molar-refractivity contribution in [1.29, 1.82) is 0 Å². The standard InChI is InChI=1S/C18H32N2O4SSi/c1-10(17(23)25-12-8-13(21)19-9-12)15-14(16(22)20-15)11(2)24-26(6,7)18(3,4)5/h10-12,14-15H,8-9H2,1-7H3,(H,19,21)(H,20,22)/t10-,11-,12-,14-,15-/m1/s1. The number of carbonyl (C=O) groups is 3. The highest BCUT2D eigenvalue weighted by Gasteiger charge is 2.50. The van der Waals surface area contributed by atoms with Crippen molar-refractivity contribution >= 4 is 37.0 Å². The molecule has 0 radical (unpaired) electrons. The molecule has 8 heteroatoms. The summed E-state index contributed by atoms with van der Waals surface area (Å²) in [6.45, 7) is 15.2. The number of rotatable bonds is 6. The van der Waals surface area contributed by atoms with E-state index in [1.807, 2.05) is 13.8 Å². The first kappa shape index (κ1) is 21.4. The summed E-state index contributed by atoms with van der Waals surface area (Å²) >= 11 is 1.22. The Bertz CT molecular complexity index is 590. The third-order valence-corrected chi connectivity index (χ3v) is 11.8. The fourth-order valence-electron chi connectivity index (χ4n) is 3.15. The molecule has 0 spiro atoms. The minimum Gasteiger partial charge on any atom is -0.413 e. The van der Waals surface area contributed by atoms with Crippen LogP contribution in [0.15, 0.2) is 0 Å². The van der Waals surface area contributed by atoms with Crippen LogP contribution in [0.4, 0.5) is 0 Å². The Kier molecular flexibility index (Phi) is 6.30. The van der Waals surface area contributed by atoms with Gasteiger partial charge in [0.05, 0.1) is 18.1 Å². The lowest BCUT2D eigenvalue weighted by atomic mass is 9.79. The maximum atomic E-state index is 12.6. The molecular formula is C18H32N2O4SSi. The van der Waals surface area contributed by atoms with E-state index in [2.05, 4.69) is 44.5 Å². The maximum Gasteiger partial charge on any atom is 0.228 e. The number of hydrogen-bond donors (Lipinski definition) is 2. The minimum atomic E-state index is -1.99. The second kappa shape index (κ2) is 7.64. The van der Waals surface area contributed by atoms with E-state index >= 15 is 0 Å². The van der Waals surface area contributed by atoms with Crippen molar-refractivity contribution < 1.29 is 18.8 Å². The Morgan fingerprint density at radius 2 is 1.88 bits per heavy atom. The lowest BCUT2D eigenvalue weighted by Gasteiger charge is -2.46. The molecule has 6 nitrogen and oxygen atoms in total. The minimum absolute atomic E-state index is 0.00540. The monoisotopic (exact) mass is 400 g/mol. The summed E-state index contributed by atoms with van der Waals surface area (Å²) in [6, 6.07) is -0.202. The molecule has 2 amide bonds. The predicted octanol–water partition coefficient (Wildman–Crippen LogP) is 2.30. The molecule has 0 bridgehead atoms. The van der Waals surface area contributed by atoms with Crippen LogP contribution >= 0.6 is 11.8 Å². The van der Waals surface area contributed by atoms with Crippen molar-refractivity contribution in [2.45, 2.75) is 76.6 Å². The fraction of sp³-hybridized carbons (Fsp3) is 0.833. The molecule has 2 aliphatic rings. The Hall–Kier alpha value is -0.863. The van der Waals surface area contributed by atoms with E-state index in [1.165, 1.54) is 11.8 Å². The van der Waals surface area contributed by atoms with E-state index in [-0.39, 0.29) is 51.2 Å². The number of β-lactam (4-membered cyclic amide) rings is 1. The van der Waals surface area contributed by atoms with Crippen LogP contribution in [-0.2, 0) is 18.8 Å². The summed E-state index contributed by atoms with van der Waals surface area (Å²) in [5.41, 5.74) is 0. The van der Waals surface area contributed by atoms with Gasteiger partial charge >= 0.3 is 0 Å². The lowest BCUT2D eigenvalue weighted by Crippen LogP contribution is -2.66. The second-order valence-corrected chi connectivity index (χ2v) is 15.1. The summed E-state index contributed by atoms with van der Waals surface area (Å²) in [7, 11) is -1.99. The Labute approximate surface area is 161 Å². The summed E-state index contributed by atoms with van der Waals surface area (Å²) in [6.07, 6.45) is 0.165. The first-order valence-electron chi connectivity index (χ1n) is 9.29. The summed E-state index contributed by atoms with van der Waals surface area (Å²) in [5, 5.41) is 5.73. The van der Waals surface area contributed by atoms with Gasteiger partial charge in [-0.1, -0.05) is 39.5 Å². The van der Waals surface area contributed by atoms with Gasteiger partial charge in [-0.25, -0.2) is 0 Å². The SMILES string of the molecule is C[C@@H](O[Si](C)(C)C(C)(C)C)[C@H]1C(=O)N[C@@H]1[C@@H](C)C(=O)S[C@H]1CNC(=O)C1. The molecule has 0 aromatic rings. The van der Waals surface area contributed by atoms with Gasteiger partial charge in [-0.3, -0.25) is 14.4 Å². The quantitative estimate of drug-likeness (QED) is 0.528. The molecule has 2 N–H and O–H groups in total. The van der Waals surface area contributed by atoms with Crippen LogP contribution in [0.3, 0.4) is 0 Å². The van der Waals surface area contributed by atoms with Gasteiger partial charge in [0.1, 0.15) is 0 Å². The van der Waals surface area contributed by atoms with E-state index < -0.39 is 8.32 Å². The van der Waals surface area contributed by atoms with Crippen LogP contribution in [-0.4, -0.2) is 49.2 Å². The Morgan fingerprint density at radius 1 is 1.27 bits per heavy atom. The van der Waals surface area contributed by atoms with E-state index in [4.69, 9.17) is 4.43 Å². The summed E-state index contributed by atoms with van der Waals surface area (Å²) < 4.78 is 6.39. The van der Waals surface area contributed by atoms with E-state index in [1.54, 1.807) is 0 Å². The third kappa shape index (κ3) is 4.51. The van der Waals surface area contributed by atoms with Crippen LogP contribution in [0.2, 0.25) is 18.1 Å². The van der Waals surface area contributed by atoms with Crippen molar-refractivity contribution in [1.82, 2.24) is 10.6 Å². The van der Waals surface area contributed by atoms with Gasteiger partial charge in [-0.15, -0.1) is 0 Å². The van der Waals surface area contributed by atoms with Crippen molar-refractivity contribution in [3.63, 3.8) is 0 Å². The summed E-state index contributed by atoms with van der Waals surface area (Å²) in [5.74, 6) is -0.645. The Morgan fingerprint density at radius 3 is 2.35 bits per heavy atom. The van der Waals surface area contributed by atoms with Crippen LogP contribution in [0.5, 0.6) is 0 Å². The zero-order chi connectivity index (χ0) is 19.9. The molecule has 148 valence electrons. The smallest absolute Gasteiger partial charge is 0.228 e. The zero-order valence-corrected chi connectivity index (χ0v) is 18.7. The lowest BCUT2D eigenvalue weighted by molar-refractivity contribution is -0.143. The number of carbonyl (C=O) groups excluding carboxylic acids is 3. The fourth-order valence-corrected chi connectivity index (χ4v) is 5.67. The Balaban J connectivity index is 1.98. The van der Waals surface area contributed by atoms with E-state index in [9.17, 15) is 14.4 Å². The summed E-state index contributed by atoms with van der Waals surface area (Å²) in [4.78, 5) is 36.1. The third-order valence-electron chi connectivity index (χ3n) is 5.92. The molecule has 5 atom stereocenters. The van der Waals surface area contributed by atoms with Crippen LogP contribution in [0.1, 0.15) is 41.0 Å². The van der Waals surface area contributed by atoms with Gasteiger partial charge in [0.15, 0.2) is 13.4 Å². The molecule has 0 aliphatic carbocycles. The van der Waals surface area contributed by atoms with Crippen molar-refractivity contribution in [2.75, 3.05) is 6.54 Å². The molecule has 0 unspecified atom stereocenters. The normalized spacial score (nSPS) is 28.8. The van der Waals surface area contributed by atoms with Crippen LogP contribution < -0.4 is 10.6 Å². The average Bonchev–Trinajstić information content (AvgIpc) is 2.87. The number of nitrogens with one attached hydrogen (secondary N) is 2. The molecule has 26 heavy (non-hydrogen) atoms. The first-order chi connectivity index (χ1) is 11.8. The second-order valence-electron chi connectivity index (χ2n) is 9.00. The predicted molar refractivity (Wildman–Crippen MR) is 106 cm³/mol. The van der Waals surface area contributed by atoms with Crippen molar-refractivity contribution in [2.24, 2.45) is 11.8 Å². The van der Waals surface area contributed by atoms with Gasteiger partial charge in [-0.2, -0.15) is 0 Å². The average molecular weight is 401 g/mol. The highest BCUT2D eigenvalue weighted by molar-refractivity contribution is 8.14. The highest BCUT2D eigenvalue weighted by atomic mass is 32.2. The maximum absolute atomic E-state index is 12.6. The van der Waals surface area contributed by atoms with Gasteiger partial charge in [-0.05, 0) is 25.1 Å². The number of amides is 2. The zero-order valence-electron chi connectivity index (χ0n) is 16.8. The molecule has 0 aromatic carbocycles. The van der Waals surface area contributed by atoms with Crippen LogP contribution in [0.25, 0.3) is 0 Å². The number of hydrogen-bond acceptors (Lipinski definition) is 5. The van der Waals surface area contributed by atoms with Gasteiger partial charge < -0.3 is 15.1 Å². The van der Waals surface area contributed by atoms with Gasteiger partial charge in [0.2, 0.25) is 11.8 Å². The molecule has 0 saturated carbocycles. The molecule has 2 fully saturated rings. The molecule has 0 aromatic heterocycles. The molecule has 2 aliphatic heterocycles. The first-order valence-corrected chi connectivity index (χ1v) is 13.1.